The van der Waals surface area contributed by atoms with E-state index in [0.717, 1.165) is 16.8 Å². The van der Waals surface area contributed by atoms with Crippen LogP contribution in [0.1, 0.15) is 16.7 Å². The van der Waals surface area contributed by atoms with E-state index in [9.17, 15) is 17.6 Å². The summed E-state index contributed by atoms with van der Waals surface area (Å²) in [6, 6.07) is 18.2. The summed E-state index contributed by atoms with van der Waals surface area (Å²) in [5, 5.41) is 3.46. The van der Waals surface area contributed by atoms with Crippen molar-refractivity contribution in [3.63, 3.8) is 0 Å². The number of nitrogens with one attached hydrogen (secondary N) is 1. The summed E-state index contributed by atoms with van der Waals surface area (Å²) >= 11 is 0. The number of benzene rings is 3. The molecular formula is C25H23FN2O3S. The fraction of sp³-hybridized carbons (Fsp3) is 0.160. The van der Waals surface area contributed by atoms with Gasteiger partial charge in [0.15, 0.2) is 9.84 Å². The Kier molecular flexibility index (Phi) is 5.84. The molecule has 32 heavy (non-hydrogen) atoms. The Hall–Kier alpha value is -3.45. The van der Waals surface area contributed by atoms with E-state index in [0.29, 0.717) is 16.5 Å². The smallest absolute Gasteiger partial charge is 0.244 e. The van der Waals surface area contributed by atoms with Crippen LogP contribution >= 0.6 is 0 Å². The number of hydrogen-bond acceptors (Lipinski definition) is 3. The molecule has 0 aliphatic heterocycles. The number of amides is 1. The molecule has 1 amide bonds. The molecule has 7 heteroatoms. The molecular weight excluding hydrogens is 427 g/mol. The number of nitrogens with zero attached hydrogens (tertiary/aromatic N) is 1. The molecule has 0 bridgehead atoms. The van der Waals surface area contributed by atoms with Gasteiger partial charge in [-0.25, -0.2) is 12.8 Å². The summed E-state index contributed by atoms with van der Waals surface area (Å²) < 4.78 is 41.2. The Morgan fingerprint density at radius 3 is 2.44 bits per heavy atom. The number of rotatable bonds is 6. The molecule has 0 aliphatic rings. The van der Waals surface area contributed by atoms with Crippen LogP contribution in [0.4, 0.5) is 10.1 Å². The fourth-order valence-electron chi connectivity index (χ4n) is 3.70. The zero-order valence-corrected chi connectivity index (χ0v) is 18.6. The number of carbonyl (C=O) groups excluding carboxylic acids is 1. The number of carbonyl (C=O) groups is 1. The first-order valence-corrected chi connectivity index (χ1v) is 11.8. The number of halogens is 1. The molecule has 0 aliphatic carbocycles. The molecule has 0 atom stereocenters. The summed E-state index contributed by atoms with van der Waals surface area (Å²) in [7, 11) is -3.71. The van der Waals surface area contributed by atoms with Crippen LogP contribution in [-0.2, 0) is 26.9 Å². The highest BCUT2D eigenvalue weighted by atomic mass is 32.2. The first kappa shape index (κ1) is 21.8. The molecule has 0 fully saturated rings. The van der Waals surface area contributed by atoms with Crippen molar-refractivity contribution in [2.75, 3.05) is 5.32 Å². The molecule has 3 aromatic carbocycles. The molecule has 1 heterocycles. The topological polar surface area (TPSA) is 68.2 Å². The van der Waals surface area contributed by atoms with Gasteiger partial charge in [-0.05, 0) is 54.8 Å². The third kappa shape index (κ3) is 4.43. The van der Waals surface area contributed by atoms with Crippen LogP contribution in [0, 0.1) is 19.7 Å². The number of aromatic nitrogens is 1. The van der Waals surface area contributed by atoms with Crippen LogP contribution in [-0.4, -0.2) is 18.9 Å². The van der Waals surface area contributed by atoms with Crippen molar-refractivity contribution in [3.05, 3.63) is 95.4 Å². The van der Waals surface area contributed by atoms with Gasteiger partial charge in [-0.15, -0.1) is 0 Å². The van der Waals surface area contributed by atoms with Crippen LogP contribution in [0.2, 0.25) is 0 Å². The number of fused-ring (bicyclic) bond motifs is 1. The quantitative estimate of drug-likeness (QED) is 0.449. The Morgan fingerprint density at radius 1 is 0.969 bits per heavy atom. The minimum atomic E-state index is -3.71. The summed E-state index contributed by atoms with van der Waals surface area (Å²) in [6.07, 6.45) is 1.51. The average molecular weight is 451 g/mol. The summed E-state index contributed by atoms with van der Waals surface area (Å²) in [6.45, 7) is 3.89. The SMILES string of the molecule is Cc1cccc(NC(=O)Cn2cc(S(=O)(=O)Cc3ccc(F)cc3)c3ccccc32)c1C. The van der Waals surface area contributed by atoms with Gasteiger partial charge >= 0.3 is 0 Å². The number of para-hydroxylation sites is 1. The molecule has 4 aromatic rings. The molecule has 1 aromatic heterocycles. The maximum absolute atomic E-state index is 13.2. The van der Waals surface area contributed by atoms with Crippen molar-refractivity contribution in [2.24, 2.45) is 0 Å². The largest absolute Gasteiger partial charge is 0.337 e. The highest BCUT2D eigenvalue weighted by molar-refractivity contribution is 7.90. The molecule has 5 nitrogen and oxygen atoms in total. The highest BCUT2D eigenvalue weighted by Gasteiger charge is 2.22. The van der Waals surface area contributed by atoms with Gasteiger partial charge in [0.05, 0.1) is 10.6 Å². The lowest BCUT2D eigenvalue weighted by molar-refractivity contribution is -0.116. The van der Waals surface area contributed by atoms with Crippen molar-refractivity contribution < 1.29 is 17.6 Å². The number of anilines is 1. The molecule has 0 saturated heterocycles. The van der Waals surface area contributed by atoms with Gasteiger partial charge in [0.2, 0.25) is 5.91 Å². The molecule has 1 N–H and O–H groups in total. The van der Waals surface area contributed by atoms with E-state index in [1.807, 2.05) is 32.0 Å². The predicted molar refractivity (Wildman–Crippen MR) is 124 cm³/mol. The zero-order valence-electron chi connectivity index (χ0n) is 17.8. The van der Waals surface area contributed by atoms with Gasteiger partial charge in [0.25, 0.3) is 0 Å². The minimum absolute atomic E-state index is 0.0278. The second kappa shape index (κ2) is 8.59. The molecule has 0 unspecified atom stereocenters. The number of aryl methyl sites for hydroxylation is 1. The second-order valence-electron chi connectivity index (χ2n) is 7.82. The number of sulfone groups is 1. The van der Waals surface area contributed by atoms with Crippen molar-refractivity contribution in [2.45, 2.75) is 31.0 Å². The van der Waals surface area contributed by atoms with Crippen molar-refractivity contribution in [1.82, 2.24) is 4.57 Å². The van der Waals surface area contributed by atoms with Crippen LogP contribution in [0.15, 0.2) is 77.8 Å². The van der Waals surface area contributed by atoms with Gasteiger partial charge in [0, 0.05) is 22.8 Å². The van der Waals surface area contributed by atoms with Crippen LogP contribution in [0.25, 0.3) is 10.9 Å². The van der Waals surface area contributed by atoms with E-state index >= 15 is 0 Å². The van der Waals surface area contributed by atoms with E-state index in [1.165, 1.54) is 30.5 Å². The van der Waals surface area contributed by atoms with E-state index < -0.39 is 15.7 Å². The molecule has 4 rings (SSSR count). The van der Waals surface area contributed by atoms with Gasteiger partial charge in [-0.2, -0.15) is 0 Å². The van der Waals surface area contributed by atoms with Gasteiger partial charge < -0.3 is 9.88 Å². The van der Waals surface area contributed by atoms with Gasteiger partial charge in [-0.1, -0.05) is 42.5 Å². The van der Waals surface area contributed by atoms with Crippen molar-refractivity contribution >= 4 is 32.3 Å². The maximum Gasteiger partial charge on any atom is 0.244 e. The first-order valence-electron chi connectivity index (χ1n) is 10.2. The Morgan fingerprint density at radius 2 is 1.69 bits per heavy atom. The van der Waals surface area contributed by atoms with E-state index in [1.54, 1.807) is 28.8 Å². The van der Waals surface area contributed by atoms with Gasteiger partial charge in [0.1, 0.15) is 12.4 Å². The lowest BCUT2D eigenvalue weighted by Crippen LogP contribution is -2.19. The van der Waals surface area contributed by atoms with E-state index in [-0.39, 0.29) is 23.1 Å². The van der Waals surface area contributed by atoms with Crippen molar-refractivity contribution in [3.8, 4) is 0 Å². The molecule has 0 saturated carbocycles. The van der Waals surface area contributed by atoms with Gasteiger partial charge in [-0.3, -0.25) is 4.79 Å². The fourth-order valence-corrected chi connectivity index (χ4v) is 5.28. The third-order valence-electron chi connectivity index (χ3n) is 5.55. The normalized spacial score (nSPS) is 11.6. The van der Waals surface area contributed by atoms with E-state index in [4.69, 9.17) is 0 Å². The standard InChI is InChI=1S/C25H23FN2O3S/c1-17-6-5-8-22(18(17)2)27-25(29)15-28-14-24(21-7-3-4-9-23(21)28)32(30,31)16-19-10-12-20(26)13-11-19/h3-14H,15-16H2,1-2H3,(H,27,29). The summed E-state index contributed by atoms with van der Waals surface area (Å²) in [5.74, 6) is -0.921. The Labute approximate surface area is 186 Å². The highest BCUT2D eigenvalue weighted by Crippen LogP contribution is 2.28. The second-order valence-corrected chi connectivity index (χ2v) is 9.78. The Bertz CT molecular complexity index is 1410. The average Bonchev–Trinajstić information content (AvgIpc) is 3.12. The lowest BCUT2D eigenvalue weighted by atomic mass is 10.1. The lowest BCUT2D eigenvalue weighted by Gasteiger charge is -2.11. The molecule has 0 spiro atoms. The minimum Gasteiger partial charge on any atom is -0.337 e. The van der Waals surface area contributed by atoms with Crippen molar-refractivity contribution in [1.29, 1.82) is 0 Å². The Balaban J connectivity index is 1.64. The maximum atomic E-state index is 13.2. The molecule has 0 radical (unpaired) electrons. The summed E-state index contributed by atoms with van der Waals surface area (Å²) in [5.41, 5.74) is 3.94. The number of hydrogen-bond donors (Lipinski definition) is 1. The first-order chi connectivity index (χ1) is 15.2. The summed E-state index contributed by atoms with van der Waals surface area (Å²) in [4.78, 5) is 12.9. The van der Waals surface area contributed by atoms with Crippen LogP contribution < -0.4 is 5.32 Å². The van der Waals surface area contributed by atoms with Crippen LogP contribution in [0.3, 0.4) is 0 Å². The zero-order chi connectivity index (χ0) is 22.9. The monoisotopic (exact) mass is 450 g/mol. The predicted octanol–water partition coefficient (Wildman–Crippen LogP) is 5.01. The third-order valence-corrected chi connectivity index (χ3v) is 7.26. The van der Waals surface area contributed by atoms with E-state index in [2.05, 4.69) is 5.32 Å². The molecule has 164 valence electrons. The van der Waals surface area contributed by atoms with Crippen LogP contribution in [0.5, 0.6) is 0 Å².